The van der Waals surface area contributed by atoms with Crippen molar-refractivity contribution in [3.05, 3.63) is 34.9 Å². The minimum absolute atomic E-state index is 0.0830. The van der Waals surface area contributed by atoms with Crippen molar-refractivity contribution in [1.29, 1.82) is 0 Å². The van der Waals surface area contributed by atoms with Crippen LogP contribution in [-0.4, -0.2) is 42.5 Å². The highest BCUT2D eigenvalue weighted by molar-refractivity contribution is 6.31. The lowest BCUT2D eigenvalue weighted by atomic mass is 10.1. The van der Waals surface area contributed by atoms with Crippen LogP contribution in [0.4, 0.5) is 4.79 Å². The topological polar surface area (TPSA) is 61.4 Å². The summed E-state index contributed by atoms with van der Waals surface area (Å²) < 4.78 is 0. The Hall–Kier alpha value is -1.75. The molecule has 6 heteroatoms. The highest BCUT2D eigenvalue weighted by atomic mass is 35.5. The van der Waals surface area contributed by atoms with Crippen LogP contribution in [0.3, 0.4) is 0 Å². The van der Waals surface area contributed by atoms with Crippen LogP contribution in [0.25, 0.3) is 0 Å². The molecule has 1 aromatic rings. The van der Waals surface area contributed by atoms with Gasteiger partial charge in [-0.3, -0.25) is 4.79 Å². The van der Waals surface area contributed by atoms with Crippen LogP contribution >= 0.6 is 11.6 Å². The molecule has 1 saturated carbocycles. The zero-order valence-corrected chi connectivity index (χ0v) is 13.7. The van der Waals surface area contributed by atoms with E-state index in [4.69, 9.17) is 11.6 Å². The number of benzene rings is 1. The molecule has 120 valence electrons. The summed E-state index contributed by atoms with van der Waals surface area (Å²) in [7, 11) is 0. The predicted octanol–water partition coefficient (Wildman–Crippen LogP) is 2.36. The van der Waals surface area contributed by atoms with Crippen molar-refractivity contribution >= 4 is 23.5 Å². The van der Waals surface area contributed by atoms with E-state index < -0.39 is 0 Å². The SMILES string of the molecule is CCNC(=O)CN(CC)C(=O)N[C@H]1C[C@@H]1c1ccccc1Cl. The van der Waals surface area contributed by atoms with Crippen molar-refractivity contribution in [3.8, 4) is 0 Å². The second kappa shape index (κ2) is 7.49. The average Bonchev–Trinajstić information content (AvgIpc) is 3.24. The average molecular weight is 324 g/mol. The van der Waals surface area contributed by atoms with Crippen LogP contribution in [-0.2, 0) is 4.79 Å². The molecular weight excluding hydrogens is 302 g/mol. The molecule has 2 N–H and O–H groups in total. The van der Waals surface area contributed by atoms with E-state index in [1.807, 2.05) is 38.1 Å². The Morgan fingerprint density at radius 3 is 2.68 bits per heavy atom. The van der Waals surface area contributed by atoms with Crippen LogP contribution in [0.1, 0.15) is 31.7 Å². The minimum atomic E-state index is -0.201. The van der Waals surface area contributed by atoms with Crippen LogP contribution in [0.2, 0.25) is 5.02 Å². The first kappa shape index (κ1) is 16.6. The van der Waals surface area contributed by atoms with Crippen LogP contribution in [0.15, 0.2) is 24.3 Å². The number of nitrogens with zero attached hydrogens (tertiary/aromatic N) is 1. The highest BCUT2D eigenvalue weighted by Crippen LogP contribution is 2.43. The number of amides is 3. The first-order valence-electron chi connectivity index (χ1n) is 7.63. The van der Waals surface area contributed by atoms with Gasteiger partial charge in [-0.05, 0) is 31.9 Å². The van der Waals surface area contributed by atoms with Gasteiger partial charge in [0.05, 0.1) is 0 Å². The number of likely N-dealkylation sites (N-methyl/N-ethyl adjacent to an activating group) is 2. The fourth-order valence-electron chi connectivity index (χ4n) is 2.48. The molecule has 0 radical (unpaired) electrons. The Morgan fingerprint density at radius 1 is 1.32 bits per heavy atom. The van der Waals surface area contributed by atoms with E-state index >= 15 is 0 Å². The monoisotopic (exact) mass is 323 g/mol. The van der Waals surface area contributed by atoms with Gasteiger partial charge in [0.15, 0.2) is 0 Å². The Bertz CT molecular complexity index is 550. The van der Waals surface area contributed by atoms with Gasteiger partial charge in [-0.1, -0.05) is 29.8 Å². The number of urea groups is 1. The zero-order chi connectivity index (χ0) is 16.1. The third kappa shape index (κ3) is 4.13. The number of halogens is 1. The molecule has 22 heavy (non-hydrogen) atoms. The normalized spacial score (nSPS) is 19.4. The summed E-state index contributed by atoms with van der Waals surface area (Å²) in [5, 5.41) is 6.41. The molecular formula is C16H22ClN3O2. The lowest BCUT2D eigenvalue weighted by molar-refractivity contribution is -0.121. The van der Waals surface area contributed by atoms with Gasteiger partial charge in [0.1, 0.15) is 6.54 Å². The lowest BCUT2D eigenvalue weighted by Gasteiger charge is -2.21. The van der Waals surface area contributed by atoms with Gasteiger partial charge in [-0.2, -0.15) is 0 Å². The summed E-state index contributed by atoms with van der Waals surface area (Å²) in [5.41, 5.74) is 1.07. The van der Waals surface area contributed by atoms with Gasteiger partial charge < -0.3 is 15.5 Å². The van der Waals surface area contributed by atoms with Crippen LogP contribution in [0, 0.1) is 0 Å². The summed E-state index contributed by atoms with van der Waals surface area (Å²) in [5.74, 6) is 0.124. The lowest BCUT2D eigenvalue weighted by Crippen LogP contribution is -2.46. The van der Waals surface area contributed by atoms with Crippen LogP contribution < -0.4 is 10.6 Å². The quantitative estimate of drug-likeness (QED) is 0.844. The maximum Gasteiger partial charge on any atom is 0.318 e. The summed E-state index contributed by atoms with van der Waals surface area (Å²) in [6.07, 6.45) is 0.883. The number of nitrogens with one attached hydrogen (secondary N) is 2. The van der Waals surface area contributed by atoms with E-state index in [0.717, 1.165) is 17.0 Å². The second-order valence-electron chi connectivity index (χ2n) is 5.39. The standard InChI is InChI=1S/C16H22ClN3O2/c1-3-18-15(21)10-20(4-2)16(22)19-14-9-12(14)11-7-5-6-8-13(11)17/h5-8,12,14H,3-4,9-10H2,1-2H3,(H,18,21)(H,19,22)/t12-,14+/m1/s1. The molecule has 1 aliphatic rings. The summed E-state index contributed by atoms with van der Waals surface area (Å²) in [6, 6.07) is 7.59. The minimum Gasteiger partial charge on any atom is -0.355 e. The number of hydrogen-bond donors (Lipinski definition) is 2. The highest BCUT2D eigenvalue weighted by Gasteiger charge is 2.41. The van der Waals surface area contributed by atoms with Gasteiger partial charge in [0.25, 0.3) is 0 Å². The van der Waals surface area contributed by atoms with Crippen molar-refractivity contribution in [3.63, 3.8) is 0 Å². The van der Waals surface area contributed by atoms with Gasteiger partial charge in [-0.15, -0.1) is 0 Å². The molecule has 1 fully saturated rings. The Kier molecular flexibility index (Phi) is 5.66. The van der Waals surface area contributed by atoms with E-state index in [1.54, 1.807) is 0 Å². The van der Waals surface area contributed by atoms with Crippen molar-refractivity contribution in [2.24, 2.45) is 0 Å². The van der Waals surface area contributed by atoms with Crippen molar-refractivity contribution in [2.45, 2.75) is 32.2 Å². The predicted molar refractivity (Wildman–Crippen MR) is 87.1 cm³/mol. The number of hydrogen-bond acceptors (Lipinski definition) is 2. The van der Waals surface area contributed by atoms with Gasteiger partial charge in [-0.25, -0.2) is 4.79 Å². The molecule has 5 nitrogen and oxygen atoms in total. The fraction of sp³-hybridized carbons (Fsp3) is 0.500. The van der Waals surface area contributed by atoms with E-state index in [-0.39, 0.29) is 30.4 Å². The summed E-state index contributed by atoms with van der Waals surface area (Å²) in [6.45, 7) is 4.85. The molecule has 0 heterocycles. The maximum absolute atomic E-state index is 12.2. The van der Waals surface area contributed by atoms with E-state index in [0.29, 0.717) is 13.1 Å². The number of rotatable bonds is 6. The molecule has 2 rings (SSSR count). The first-order chi connectivity index (χ1) is 10.6. The van der Waals surface area contributed by atoms with Gasteiger partial charge >= 0.3 is 6.03 Å². The molecule has 0 bridgehead atoms. The van der Waals surface area contributed by atoms with E-state index in [1.165, 1.54) is 4.90 Å². The Balaban J connectivity index is 1.87. The molecule has 2 atom stereocenters. The molecule has 3 amide bonds. The van der Waals surface area contributed by atoms with Gasteiger partial charge in [0, 0.05) is 30.1 Å². The van der Waals surface area contributed by atoms with Crippen molar-refractivity contribution < 1.29 is 9.59 Å². The Labute approximate surface area is 136 Å². The molecule has 1 aromatic carbocycles. The molecule has 0 unspecified atom stereocenters. The maximum atomic E-state index is 12.2. The third-order valence-electron chi connectivity index (χ3n) is 3.78. The van der Waals surface area contributed by atoms with Crippen molar-refractivity contribution in [2.75, 3.05) is 19.6 Å². The summed E-state index contributed by atoms with van der Waals surface area (Å²) in [4.78, 5) is 25.3. The third-order valence-corrected chi connectivity index (χ3v) is 4.13. The molecule has 0 aromatic heterocycles. The largest absolute Gasteiger partial charge is 0.355 e. The molecule has 0 saturated heterocycles. The number of carbonyl (C=O) groups excluding carboxylic acids is 2. The Morgan fingerprint density at radius 2 is 2.05 bits per heavy atom. The fourth-order valence-corrected chi connectivity index (χ4v) is 2.75. The number of carbonyl (C=O) groups is 2. The summed E-state index contributed by atoms with van der Waals surface area (Å²) >= 11 is 6.18. The van der Waals surface area contributed by atoms with E-state index in [9.17, 15) is 9.59 Å². The van der Waals surface area contributed by atoms with E-state index in [2.05, 4.69) is 10.6 Å². The zero-order valence-electron chi connectivity index (χ0n) is 12.9. The smallest absolute Gasteiger partial charge is 0.318 e. The second-order valence-corrected chi connectivity index (χ2v) is 5.79. The molecule has 0 aliphatic heterocycles. The van der Waals surface area contributed by atoms with Crippen LogP contribution in [0.5, 0.6) is 0 Å². The molecule has 1 aliphatic carbocycles. The van der Waals surface area contributed by atoms with Crippen molar-refractivity contribution in [1.82, 2.24) is 15.5 Å². The molecule has 0 spiro atoms. The first-order valence-corrected chi connectivity index (χ1v) is 8.01. The van der Waals surface area contributed by atoms with Gasteiger partial charge in [0.2, 0.25) is 5.91 Å².